The Labute approximate surface area is 93.4 Å². The van der Waals surface area contributed by atoms with Crippen LogP contribution in [0.4, 0.5) is 0 Å². The molecule has 15 heavy (non-hydrogen) atoms. The Morgan fingerprint density at radius 2 is 2.13 bits per heavy atom. The van der Waals surface area contributed by atoms with Gasteiger partial charge in [0.25, 0.3) is 0 Å². The molecule has 3 atom stereocenters. The predicted molar refractivity (Wildman–Crippen MR) is 62.9 cm³/mol. The van der Waals surface area contributed by atoms with Gasteiger partial charge < -0.3 is 5.32 Å². The van der Waals surface area contributed by atoms with Crippen molar-refractivity contribution < 1.29 is 0 Å². The molecule has 2 aliphatic heterocycles. The van der Waals surface area contributed by atoms with E-state index in [-0.39, 0.29) is 0 Å². The number of piperazine rings is 1. The number of hydrogen-bond acceptors (Lipinski definition) is 2. The first-order chi connectivity index (χ1) is 7.16. The summed E-state index contributed by atoms with van der Waals surface area (Å²) in [6, 6.07) is 2.50. The fourth-order valence-electron chi connectivity index (χ4n) is 3.94. The molecule has 0 aromatic rings. The van der Waals surface area contributed by atoms with Gasteiger partial charge >= 0.3 is 0 Å². The normalized spacial score (nSPS) is 44.8. The lowest BCUT2D eigenvalue weighted by Crippen LogP contribution is -2.63. The van der Waals surface area contributed by atoms with Crippen molar-refractivity contribution in [3.63, 3.8) is 0 Å². The zero-order chi connectivity index (χ0) is 10.5. The molecule has 0 bridgehead atoms. The maximum atomic E-state index is 3.79. The van der Waals surface area contributed by atoms with Crippen LogP contribution in [0.5, 0.6) is 0 Å². The first-order valence-corrected chi connectivity index (χ1v) is 6.65. The van der Waals surface area contributed by atoms with Crippen LogP contribution in [0.2, 0.25) is 0 Å². The summed E-state index contributed by atoms with van der Waals surface area (Å²) in [6.45, 7) is 7.51. The summed E-state index contributed by atoms with van der Waals surface area (Å²) in [4.78, 5) is 2.82. The molecule has 1 aliphatic carbocycles. The molecule has 0 spiro atoms. The molecular weight excluding hydrogens is 184 g/mol. The van der Waals surface area contributed by atoms with Crippen LogP contribution in [0.15, 0.2) is 0 Å². The second kappa shape index (κ2) is 3.46. The summed E-state index contributed by atoms with van der Waals surface area (Å²) in [5, 5.41) is 3.79. The Morgan fingerprint density at radius 3 is 3.00 bits per heavy atom. The lowest BCUT2D eigenvalue weighted by molar-refractivity contribution is 0.0263. The van der Waals surface area contributed by atoms with Gasteiger partial charge in [-0.1, -0.05) is 13.8 Å². The van der Waals surface area contributed by atoms with Crippen molar-refractivity contribution in [2.24, 2.45) is 5.41 Å². The van der Waals surface area contributed by atoms with Crippen molar-refractivity contribution in [2.75, 3.05) is 13.1 Å². The lowest BCUT2D eigenvalue weighted by Gasteiger charge is -2.50. The van der Waals surface area contributed by atoms with E-state index in [1.807, 2.05) is 0 Å². The van der Waals surface area contributed by atoms with Gasteiger partial charge in [0.1, 0.15) is 0 Å². The van der Waals surface area contributed by atoms with Gasteiger partial charge in [0.05, 0.1) is 0 Å². The molecule has 0 aromatic heterocycles. The van der Waals surface area contributed by atoms with Crippen LogP contribution in [-0.2, 0) is 0 Å². The molecule has 3 unspecified atom stereocenters. The number of fused-ring (bicyclic) bond motifs is 3. The van der Waals surface area contributed by atoms with Gasteiger partial charge in [-0.15, -0.1) is 0 Å². The summed E-state index contributed by atoms with van der Waals surface area (Å²) in [7, 11) is 0. The second-order valence-electron chi connectivity index (χ2n) is 6.52. The zero-order valence-corrected chi connectivity index (χ0v) is 10.1. The maximum absolute atomic E-state index is 3.79. The first kappa shape index (κ1) is 10.1. The fourth-order valence-corrected chi connectivity index (χ4v) is 3.94. The molecule has 3 aliphatic rings. The number of nitrogens with zero attached hydrogens (tertiary/aromatic N) is 1. The van der Waals surface area contributed by atoms with E-state index in [1.165, 1.54) is 45.2 Å². The molecule has 0 amide bonds. The molecule has 2 nitrogen and oxygen atoms in total. The van der Waals surface area contributed by atoms with Gasteiger partial charge in [-0.25, -0.2) is 0 Å². The average Bonchev–Trinajstić information content (AvgIpc) is 2.64. The number of nitrogens with one attached hydrogen (secondary N) is 1. The molecule has 0 aromatic carbocycles. The van der Waals surface area contributed by atoms with Crippen LogP contribution >= 0.6 is 0 Å². The third-order valence-electron chi connectivity index (χ3n) is 4.82. The Hall–Kier alpha value is -0.0800. The van der Waals surface area contributed by atoms with Crippen molar-refractivity contribution in [2.45, 2.75) is 64.1 Å². The first-order valence-electron chi connectivity index (χ1n) is 6.65. The number of rotatable bonds is 0. The molecule has 3 fully saturated rings. The van der Waals surface area contributed by atoms with Gasteiger partial charge in [0, 0.05) is 24.7 Å². The molecule has 2 saturated heterocycles. The van der Waals surface area contributed by atoms with E-state index in [0.717, 1.165) is 18.1 Å². The molecule has 1 N–H and O–H groups in total. The van der Waals surface area contributed by atoms with Gasteiger partial charge in [-0.05, 0) is 44.1 Å². The van der Waals surface area contributed by atoms with E-state index in [1.54, 1.807) is 0 Å². The highest BCUT2D eigenvalue weighted by atomic mass is 15.3. The topological polar surface area (TPSA) is 15.3 Å². The Balaban J connectivity index is 1.78. The molecule has 1 saturated carbocycles. The largest absolute Gasteiger partial charge is 0.311 e. The zero-order valence-electron chi connectivity index (χ0n) is 10.1. The van der Waals surface area contributed by atoms with E-state index in [0.29, 0.717) is 5.41 Å². The smallest absolute Gasteiger partial charge is 0.0257 e. The number of hydrogen-bond donors (Lipinski definition) is 1. The predicted octanol–water partition coefficient (Wildman–Crippen LogP) is 2.00. The third-order valence-corrected chi connectivity index (χ3v) is 4.82. The molecule has 2 heterocycles. The molecular formula is C13H24N2. The van der Waals surface area contributed by atoms with Crippen molar-refractivity contribution in [1.82, 2.24) is 10.2 Å². The van der Waals surface area contributed by atoms with E-state index in [9.17, 15) is 0 Å². The van der Waals surface area contributed by atoms with Crippen molar-refractivity contribution in [3.05, 3.63) is 0 Å². The van der Waals surface area contributed by atoms with Crippen LogP contribution in [-0.4, -0.2) is 36.1 Å². The molecule has 0 radical (unpaired) electrons. The standard InChI is InChI=1S/C13H24N2/c1-13(2)6-5-11-12(8-13)15-7-3-4-10(15)9-14-11/h10-12,14H,3-9H2,1-2H3. The Bertz CT molecular complexity index is 249. The SMILES string of the molecule is CC1(C)CCC2NCC3CCCN3C2C1. The fraction of sp³-hybridized carbons (Fsp3) is 1.00. The maximum Gasteiger partial charge on any atom is 0.0257 e. The monoisotopic (exact) mass is 208 g/mol. The minimum atomic E-state index is 0.577. The van der Waals surface area contributed by atoms with Crippen molar-refractivity contribution in [1.29, 1.82) is 0 Å². The average molecular weight is 208 g/mol. The second-order valence-corrected chi connectivity index (χ2v) is 6.52. The molecule has 3 rings (SSSR count). The van der Waals surface area contributed by atoms with Gasteiger partial charge in [-0.2, -0.15) is 0 Å². The summed E-state index contributed by atoms with van der Waals surface area (Å²) in [5.74, 6) is 0. The molecule has 2 heteroatoms. The minimum Gasteiger partial charge on any atom is -0.311 e. The van der Waals surface area contributed by atoms with Crippen LogP contribution in [0, 0.1) is 5.41 Å². The lowest BCUT2D eigenvalue weighted by atomic mass is 9.71. The van der Waals surface area contributed by atoms with E-state index in [2.05, 4.69) is 24.1 Å². The van der Waals surface area contributed by atoms with Gasteiger partial charge in [0.2, 0.25) is 0 Å². The van der Waals surface area contributed by atoms with Crippen molar-refractivity contribution in [3.8, 4) is 0 Å². The highest BCUT2D eigenvalue weighted by Gasteiger charge is 2.44. The summed E-state index contributed by atoms with van der Waals surface area (Å²) >= 11 is 0. The van der Waals surface area contributed by atoms with Crippen LogP contribution in [0.3, 0.4) is 0 Å². The summed E-state index contributed by atoms with van der Waals surface area (Å²) in [6.07, 6.45) is 7.05. The summed E-state index contributed by atoms with van der Waals surface area (Å²) < 4.78 is 0. The van der Waals surface area contributed by atoms with E-state index < -0.39 is 0 Å². The third kappa shape index (κ3) is 1.72. The highest BCUT2D eigenvalue weighted by Crippen LogP contribution is 2.41. The van der Waals surface area contributed by atoms with E-state index in [4.69, 9.17) is 0 Å². The van der Waals surface area contributed by atoms with Gasteiger partial charge in [-0.3, -0.25) is 4.90 Å². The summed E-state index contributed by atoms with van der Waals surface area (Å²) in [5.41, 5.74) is 0.577. The minimum absolute atomic E-state index is 0.577. The van der Waals surface area contributed by atoms with Crippen molar-refractivity contribution >= 4 is 0 Å². The Kier molecular flexibility index (Phi) is 2.33. The van der Waals surface area contributed by atoms with Crippen LogP contribution in [0.1, 0.15) is 46.0 Å². The quantitative estimate of drug-likeness (QED) is 0.655. The molecule has 86 valence electrons. The van der Waals surface area contributed by atoms with Gasteiger partial charge in [0.15, 0.2) is 0 Å². The highest BCUT2D eigenvalue weighted by molar-refractivity contribution is 5.02. The van der Waals surface area contributed by atoms with Crippen LogP contribution in [0.25, 0.3) is 0 Å². The Morgan fingerprint density at radius 1 is 1.27 bits per heavy atom. The van der Waals surface area contributed by atoms with E-state index >= 15 is 0 Å². The van der Waals surface area contributed by atoms with Crippen LogP contribution < -0.4 is 5.32 Å².